The van der Waals surface area contributed by atoms with Crippen molar-refractivity contribution in [3.8, 4) is 0 Å². The lowest BCUT2D eigenvalue weighted by atomic mass is 10.2. The van der Waals surface area contributed by atoms with E-state index in [4.69, 9.17) is 4.42 Å². The van der Waals surface area contributed by atoms with E-state index in [1.54, 1.807) is 6.20 Å². The Hall–Kier alpha value is -2.50. The molecular weight excluding hydrogens is 340 g/mol. The average Bonchev–Trinajstić information content (AvgIpc) is 3.58. The molecule has 27 heavy (non-hydrogen) atoms. The van der Waals surface area contributed by atoms with E-state index in [1.165, 1.54) is 6.42 Å². The van der Waals surface area contributed by atoms with Gasteiger partial charge in [0, 0.05) is 44.4 Å². The van der Waals surface area contributed by atoms with Crippen molar-refractivity contribution in [1.82, 2.24) is 15.2 Å². The minimum atomic E-state index is -0.0381. The normalized spacial score (nSPS) is 21.0. The van der Waals surface area contributed by atoms with Gasteiger partial charge in [0.15, 0.2) is 0 Å². The lowest BCUT2D eigenvalue weighted by Gasteiger charge is -2.23. The van der Waals surface area contributed by atoms with Crippen LogP contribution in [-0.4, -0.2) is 36.1 Å². The number of carbonyl (C=O) groups is 1. The number of amides is 2. The minimum absolute atomic E-state index is 0.0381. The van der Waals surface area contributed by atoms with Gasteiger partial charge in [0.05, 0.1) is 6.54 Å². The number of hydrogen-bond donors (Lipinski definition) is 1. The highest BCUT2D eigenvalue weighted by Gasteiger charge is 2.37. The summed E-state index contributed by atoms with van der Waals surface area (Å²) >= 11 is 0. The van der Waals surface area contributed by atoms with Crippen LogP contribution in [0.3, 0.4) is 0 Å². The zero-order chi connectivity index (χ0) is 19.0. The maximum atomic E-state index is 12.8. The molecule has 0 bridgehead atoms. The van der Waals surface area contributed by atoms with E-state index >= 15 is 0 Å². The monoisotopic (exact) mass is 368 g/mol. The number of furan rings is 1. The van der Waals surface area contributed by atoms with Crippen LogP contribution in [0, 0.1) is 5.92 Å². The Balaban J connectivity index is 1.39. The van der Waals surface area contributed by atoms with Crippen molar-refractivity contribution >= 4 is 11.8 Å². The number of nitrogens with zero attached hydrogens (tertiary/aromatic N) is 3. The van der Waals surface area contributed by atoms with E-state index in [0.717, 1.165) is 41.7 Å². The van der Waals surface area contributed by atoms with Gasteiger partial charge in [0.25, 0.3) is 0 Å². The highest BCUT2D eigenvalue weighted by molar-refractivity contribution is 5.75. The lowest BCUT2D eigenvalue weighted by Crippen LogP contribution is -2.40. The van der Waals surface area contributed by atoms with Crippen molar-refractivity contribution in [2.45, 2.75) is 51.2 Å². The predicted molar refractivity (Wildman–Crippen MR) is 105 cm³/mol. The van der Waals surface area contributed by atoms with Crippen LogP contribution in [0.5, 0.6) is 0 Å². The largest absolute Gasteiger partial charge is 0.464 e. The smallest absolute Gasteiger partial charge is 0.318 e. The van der Waals surface area contributed by atoms with Gasteiger partial charge in [-0.3, -0.25) is 0 Å². The molecule has 2 heterocycles. The molecule has 0 saturated heterocycles. The summed E-state index contributed by atoms with van der Waals surface area (Å²) in [7, 11) is 3.92. The highest BCUT2D eigenvalue weighted by atomic mass is 16.3. The van der Waals surface area contributed by atoms with Gasteiger partial charge >= 0.3 is 6.03 Å². The van der Waals surface area contributed by atoms with E-state index in [9.17, 15) is 4.79 Å². The van der Waals surface area contributed by atoms with Gasteiger partial charge < -0.3 is 19.5 Å². The Bertz CT molecular complexity index is 812. The number of rotatable bonds is 7. The molecule has 144 valence electrons. The highest BCUT2D eigenvalue weighted by Crippen LogP contribution is 2.47. The Kier molecular flexibility index (Phi) is 4.81. The summed E-state index contributed by atoms with van der Waals surface area (Å²) < 4.78 is 6.01. The number of urea groups is 1. The topological polar surface area (TPSA) is 61.6 Å². The van der Waals surface area contributed by atoms with Crippen molar-refractivity contribution in [1.29, 1.82) is 0 Å². The summed E-state index contributed by atoms with van der Waals surface area (Å²) in [5.74, 6) is 4.11. The third-order valence-electron chi connectivity index (χ3n) is 5.45. The molecule has 2 aromatic rings. The SMILES string of the molecule is CC1CC1c1ccc(CN(C(=O)NCc2cccnc2N(C)C)C2CC2)o1. The number of hydrogen-bond acceptors (Lipinski definition) is 4. The van der Waals surface area contributed by atoms with Gasteiger partial charge in [-0.05, 0) is 43.4 Å². The van der Waals surface area contributed by atoms with E-state index in [0.29, 0.717) is 25.0 Å². The molecular formula is C21H28N4O2. The first kappa shape index (κ1) is 17.9. The van der Waals surface area contributed by atoms with Crippen LogP contribution in [0.25, 0.3) is 0 Å². The van der Waals surface area contributed by atoms with Crippen LogP contribution in [-0.2, 0) is 13.1 Å². The van der Waals surface area contributed by atoms with Crippen LogP contribution in [0.4, 0.5) is 10.6 Å². The second-order valence-corrected chi connectivity index (χ2v) is 8.02. The molecule has 6 nitrogen and oxygen atoms in total. The standard InChI is InChI=1S/C21H28N4O2/c1-14-11-18(14)19-9-8-17(27-19)13-25(16-6-7-16)21(26)23-12-15-5-4-10-22-20(15)24(2)3/h4-5,8-10,14,16,18H,6-7,11-13H2,1-3H3,(H,23,26). The molecule has 1 N–H and O–H groups in total. The molecule has 2 amide bonds. The van der Waals surface area contributed by atoms with Crippen molar-refractivity contribution in [3.05, 3.63) is 47.5 Å². The maximum Gasteiger partial charge on any atom is 0.318 e. The van der Waals surface area contributed by atoms with Crippen LogP contribution < -0.4 is 10.2 Å². The number of aromatic nitrogens is 1. The maximum absolute atomic E-state index is 12.8. The first-order valence-corrected chi connectivity index (χ1v) is 9.77. The Morgan fingerprint density at radius 3 is 2.74 bits per heavy atom. The summed E-state index contributed by atoms with van der Waals surface area (Å²) in [6.45, 7) is 3.24. The van der Waals surface area contributed by atoms with Gasteiger partial charge in [-0.15, -0.1) is 0 Å². The Morgan fingerprint density at radius 1 is 1.30 bits per heavy atom. The summed E-state index contributed by atoms with van der Waals surface area (Å²) in [4.78, 5) is 21.1. The zero-order valence-corrected chi connectivity index (χ0v) is 16.3. The molecule has 2 aromatic heterocycles. The summed E-state index contributed by atoms with van der Waals surface area (Å²) in [5, 5.41) is 3.06. The first-order valence-electron chi connectivity index (χ1n) is 9.77. The number of carbonyl (C=O) groups excluding carboxylic acids is 1. The fourth-order valence-electron chi connectivity index (χ4n) is 3.56. The predicted octanol–water partition coefficient (Wildman–Crippen LogP) is 3.74. The van der Waals surface area contributed by atoms with Crippen molar-refractivity contribution in [2.24, 2.45) is 5.92 Å². The molecule has 0 spiro atoms. The van der Waals surface area contributed by atoms with E-state index in [-0.39, 0.29) is 6.03 Å². The molecule has 0 radical (unpaired) electrons. The fraction of sp³-hybridized carbons (Fsp3) is 0.524. The molecule has 6 heteroatoms. The molecule has 2 saturated carbocycles. The van der Waals surface area contributed by atoms with Gasteiger partial charge in [-0.25, -0.2) is 9.78 Å². The lowest BCUT2D eigenvalue weighted by molar-refractivity contribution is 0.186. The summed E-state index contributed by atoms with van der Waals surface area (Å²) in [6, 6.07) is 8.28. The van der Waals surface area contributed by atoms with Crippen LogP contribution in [0.15, 0.2) is 34.9 Å². The third-order valence-corrected chi connectivity index (χ3v) is 5.45. The number of nitrogens with one attached hydrogen (secondary N) is 1. The molecule has 0 aromatic carbocycles. The third kappa shape index (κ3) is 4.10. The molecule has 2 atom stereocenters. The van der Waals surface area contributed by atoms with Crippen molar-refractivity contribution in [3.63, 3.8) is 0 Å². The van der Waals surface area contributed by atoms with Crippen molar-refractivity contribution in [2.75, 3.05) is 19.0 Å². The van der Waals surface area contributed by atoms with E-state index in [2.05, 4.69) is 23.3 Å². The molecule has 2 unspecified atom stereocenters. The van der Waals surface area contributed by atoms with Gasteiger partial charge in [-0.2, -0.15) is 0 Å². The second-order valence-electron chi connectivity index (χ2n) is 8.02. The number of pyridine rings is 1. The van der Waals surface area contributed by atoms with E-state index in [1.807, 2.05) is 42.1 Å². The molecule has 2 aliphatic rings. The molecule has 4 rings (SSSR count). The fourth-order valence-corrected chi connectivity index (χ4v) is 3.56. The molecule has 2 fully saturated rings. The van der Waals surface area contributed by atoms with E-state index < -0.39 is 0 Å². The molecule has 0 aliphatic heterocycles. The minimum Gasteiger partial charge on any atom is -0.464 e. The Labute approximate surface area is 160 Å². The second kappa shape index (κ2) is 7.25. The quantitative estimate of drug-likeness (QED) is 0.809. The van der Waals surface area contributed by atoms with Crippen LogP contribution in [0.1, 0.15) is 49.2 Å². The van der Waals surface area contributed by atoms with Gasteiger partial charge in [0.2, 0.25) is 0 Å². The first-order chi connectivity index (χ1) is 13.0. The van der Waals surface area contributed by atoms with Crippen LogP contribution in [0.2, 0.25) is 0 Å². The van der Waals surface area contributed by atoms with Crippen molar-refractivity contribution < 1.29 is 9.21 Å². The zero-order valence-electron chi connectivity index (χ0n) is 16.3. The number of anilines is 1. The summed E-state index contributed by atoms with van der Waals surface area (Å²) in [5.41, 5.74) is 1.01. The summed E-state index contributed by atoms with van der Waals surface area (Å²) in [6.07, 6.45) is 5.11. The van der Waals surface area contributed by atoms with Crippen LogP contribution >= 0.6 is 0 Å². The Morgan fingerprint density at radius 2 is 2.07 bits per heavy atom. The molecule has 2 aliphatic carbocycles. The van der Waals surface area contributed by atoms with Gasteiger partial charge in [0.1, 0.15) is 17.3 Å². The van der Waals surface area contributed by atoms with Gasteiger partial charge in [-0.1, -0.05) is 13.0 Å². The average molecular weight is 368 g/mol.